The second-order valence-corrected chi connectivity index (χ2v) is 3.99. The van der Waals surface area contributed by atoms with Crippen LogP contribution in [0.1, 0.15) is 11.3 Å². The number of nitrogens with one attached hydrogen (secondary N) is 1. The van der Waals surface area contributed by atoms with E-state index in [4.69, 9.17) is 0 Å². The first-order valence-electron chi connectivity index (χ1n) is 5.72. The quantitative estimate of drug-likeness (QED) is 0.796. The summed E-state index contributed by atoms with van der Waals surface area (Å²) in [6.45, 7) is 7.26. The highest BCUT2D eigenvalue weighted by atomic mass is 15.2. The number of hydrogen-bond acceptors (Lipinski definition) is 2. The fourth-order valence-electron chi connectivity index (χ4n) is 1.75. The molecule has 0 unspecified atom stereocenters. The van der Waals surface area contributed by atoms with Crippen LogP contribution in [0.5, 0.6) is 0 Å². The minimum absolute atomic E-state index is 0.727. The standard InChI is InChI=1S/C14H17N3/c1-3-9-15-14-16-12(2)10-17(14)11-13-7-5-4-6-8-13/h3-8,10H,1,9,11H2,2H3,(H,15,16). The summed E-state index contributed by atoms with van der Waals surface area (Å²) in [5.41, 5.74) is 2.29. The van der Waals surface area contributed by atoms with E-state index in [1.165, 1.54) is 5.56 Å². The van der Waals surface area contributed by atoms with Gasteiger partial charge in [0.05, 0.1) is 12.2 Å². The van der Waals surface area contributed by atoms with E-state index in [0.29, 0.717) is 0 Å². The molecule has 17 heavy (non-hydrogen) atoms. The predicted octanol–water partition coefficient (Wildman–Crippen LogP) is 2.84. The van der Waals surface area contributed by atoms with Crippen molar-refractivity contribution in [2.75, 3.05) is 11.9 Å². The molecule has 0 spiro atoms. The zero-order chi connectivity index (χ0) is 12.1. The molecule has 88 valence electrons. The molecular formula is C14H17N3. The Bertz CT molecular complexity index is 485. The number of rotatable bonds is 5. The van der Waals surface area contributed by atoms with E-state index in [9.17, 15) is 0 Å². The van der Waals surface area contributed by atoms with Gasteiger partial charge < -0.3 is 9.88 Å². The summed E-state index contributed by atoms with van der Waals surface area (Å²) < 4.78 is 2.12. The summed E-state index contributed by atoms with van der Waals surface area (Å²) in [7, 11) is 0. The van der Waals surface area contributed by atoms with Crippen molar-refractivity contribution in [1.29, 1.82) is 0 Å². The van der Waals surface area contributed by atoms with Crippen LogP contribution in [-0.4, -0.2) is 16.1 Å². The Morgan fingerprint density at radius 3 is 2.82 bits per heavy atom. The number of aromatic nitrogens is 2. The second-order valence-electron chi connectivity index (χ2n) is 3.99. The molecule has 0 aliphatic rings. The fourth-order valence-corrected chi connectivity index (χ4v) is 1.75. The Hall–Kier alpha value is -2.03. The lowest BCUT2D eigenvalue weighted by Gasteiger charge is -2.08. The van der Waals surface area contributed by atoms with Crippen molar-refractivity contribution in [1.82, 2.24) is 9.55 Å². The van der Waals surface area contributed by atoms with Crippen molar-refractivity contribution in [2.45, 2.75) is 13.5 Å². The highest BCUT2D eigenvalue weighted by molar-refractivity contribution is 5.31. The smallest absolute Gasteiger partial charge is 0.203 e. The SMILES string of the molecule is C=CCNc1nc(C)cn1Cc1ccccc1. The van der Waals surface area contributed by atoms with Crippen molar-refractivity contribution in [2.24, 2.45) is 0 Å². The van der Waals surface area contributed by atoms with E-state index < -0.39 is 0 Å². The molecule has 1 aromatic carbocycles. The molecule has 3 heteroatoms. The third-order valence-electron chi connectivity index (χ3n) is 2.50. The molecule has 0 saturated carbocycles. The molecule has 0 atom stereocenters. The van der Waals surface area contributed by atoms with E-state index in [1.54, 1.807) is 0 Å². The van der Waals surface area contributed by atoms with Gasteiger partial charge in [0.1, 0.15) is 0 Å². The van der Waals surface area contributed by atoms with Gasteiger partial charge in [-0.1, -0.05) is 36.4 Å². The van der Waals surface area contributed by atoms with Gasteiger partial charge in [-0.25, -0.2) is 4.98 Å². The Kier molecular flexibility index (Phi) is 3.60. The van der Waals surface area contributed by atoms with Gasteiger partial charge in [0, 0.05) is 12.7 Å². The van der Waals surface area contributed by atoms with Crippen LogP contribution in [0, 0.1) is 6.92 Å². The fraction of sp³-hybridized carbons (Fsp3) is 0.214. The average molecular weight is 227 g/mol. The number of benzene rings is 1. The lowest BCUT2D eigenvalue weighted by Crippen LogP contribution is -2.07. The molecule has 1 N–H and O–H groups in total. The zero-order valence-electron chi connectivity index (χ0n) is 10.1. The van der Waals surface area contributed by atoms with Crippen LogP contribution in [0.3, 0.4) is 0 Å². The van der Waals surface area contributed by atoms with Crippen LogP contribution in [-0.2, 0) is 6.54 Å². The van der Waals surface area contributed by atoms with Crippen molar-refractivity contribution in [3.05, 3.63) is 60.4 Å². The van der Waals surface area contributed by atoms with Gasteiger partial charge in [0.25, 0.3) is 0 Å². The van der Waals surface area contributed by atoms with Crippen LogP contribution in [0.15, 0.2) is 49.2 Å². The molecule has 0 radical (unpaired) electrons. The van der Waals surface area contributed by atoms with Crippen molar-refractivity contribution in [3.63, 3.8) is 0 Å². The molecular weight excluding hydrogens is 210 g/mol. The van der Waals surface area contributed by atoms with Crippen LogP contribution >= 0.6 is 0 Å². The molecule has 1 aromatic heterocycles. The molecule has 0 saturated heterocycles. The summed E-state index contributed by atoms with van der Waals surface area (Å²) in [5.74, 6) is 0.895. The summed E-state index contributed by atoms with van der Waals surface area (Å²) in [6.07, 6.45) is 3.88. The molecule has 0 amide bonds. The van der Waals surface area contributed by atoms with Gasteiger partial charge in [-0.2, -0.15) is 0 Å². The minimum Gasteiger partial charge on any atom is -0.352 e. The molecule has 2 rings (SSSR count). The van der Waals surface area contributed by atoms with Crippen LogP contribution < -0.4 is 5.32 Å². The third-order valence-corrected chi connectivity index (χ3v) is 2.50. The molecule has 0 bridgehead atoms. The number of hydrogen-bond donors (Lipinski definition) is 1. The average Bonchev–Trinajstić information content (AvgIpc) is 2.68. The lowest BCUT2D eigenvalue weighted by atomic mass is 10.2. The predicted molar refractivity (Wildman–Crippen MR) is 71.2 cm³/mol. The monoisotopic (exact) mass is 227 g/mol. The highest BCUT2D eigenvalue weighted by Crippen LogP contribution is 2.11. The first-order chi connectivity index (χ1) is 8.29. The molecule has 1 heterocycles. The maximum absolute atomic E-state index is 4.45. The van der Waals surface area contributed by atoms with E-state index in [0.717, 1.165) is 24.7 Å². The Morgan fingerprint density at radius 1 is 1.35 bits per heavy atom. The van der Waals surface area contributed by atoms with Gasteiger partial charge in [-0.15, -0.1) is 6.58 Å². The maximum atomic E-state index is 4.45. The van der Waals surface area contributed by atoms with E-state index in [2.05, 4.69) is 51.9 Å². The summed E-state index contributed by atoms with van der Waals surface area (Å²) >= 11 is 0. The number of aryl methyl sites for hydroxylation is 1. The van der Waals surface area contributed by atoms with Gasteiger partial charge in [0.15, 0.2) is 0 Å². The maximum Gasteiger partial charge on any atom is 0.203 e. The zero-order valence-corrected chi connectivity index (χ0v) is 10.1. The van der Waals surface area contributed by atoms with Crippen LogP contribution in [0.4, 0.5) is 5.95 Å². The van der Waals surface area contributed by atoms with E-state index in [-0.39, 0.29) is 0 Å². The van der Waals surface area contributed by atoms with E-state index in [1.807, 2.05) is 19.1 Å². The van der Waals surface area contributed by atoms with Crippen molar-refractivity contribution < 1.29 is 0 Å². The van der Waals surface area contributed by atoms with Crippen molar-refractivity contribution >= 4 is 5.95 Å². The van der Waals surface area contributed by atoms with Gasteiger partial charge in [0.2, 0.25) is 5.95 Å². The van der Waals surface area contributed by atoms with Gasteiger partial charge >= 0.3 is 0 Å². The molecule has 0 fully saturated rings. The third kappa shape index (κ3) is 2.97. The largest absolute Gasteiger partial charge is 0.352 e. The normalized spacial score (nSPS) is 10.2. The van der Waals surface area contributed by atoms with Crippen LogP contribution in [0.2, 0.25) is 0 Å². The van der Waals surface area contributed by atoms with Gasteiger partial charge in [-0.3, -0.25) is 0 Å². The first kappa shape index (κ1) is 11.5. The topological polar surface area (TPSA) is 29.9 Å². The Morgan fingerprint density at radius 2 is 2.12 bits per heavy atom. The Balaban J connectivity index is 2.17. The van der Waals surface area contributed by atoms with Crippen LogP contribution in [0.25, 0.3) is 0 Å². The first-order valence-corrected chi connectivity index (χ1v) is 5.72. The molecule has 2 aromatic rings. The highest BCUT2D eigenvalue weighted by Gasteiger charge is 2.04. The summed E-state index contributed by atoms with van der Waals surface area (Å²) in [6, 6.07) is 10.4. The summed E-state index contributed by atoms with van der Waals surface area (Å²) in [4.78, 5) is 4.45. The number of imidazole rings is 1. The molecule has 3 nitrogen and oxygen atoms in total. The summed E-state index contributed by atoms with van der Waals surface area (Å²) in [5, 5.41) is 3.24. The van der Waals surface area contributed by atoms with Gasteiger partial charge in [-0.05, 0) is 12.5 Å². The van der Waals surface area contributed by atoms with E-state index >= 15 is 0 Å². The number of nitrogens with zero attached hydrogens (tertiary/aromatic N) is 2. The second kappa shape index (κ2) is 5.34. The number of anilines is 1. The molecule has 0 aliphatic carbocycles. The lowest BCUT2D eigenvalue weighted by molar-refractivity contribution is 0.802. The Labute approximate surface area is 102 Å². The van der Waals surface area contributed by atoms with Crippen molar-refractivity contribution in [3.8, 4) is 0 Å². The minimum atomic E-state index is 0.727. The molecule has 0 aliphatic heterocycles.